The summed E-state index contributed by atoms with van der Waals surface area (Å²) in [6, 6.07) is 0. The zero-order chi connectivity index (χ0) is 8.99. The number of hydrogen-bond donors (Lipinski definition) is 4. The Labute approximate surface area is 84.1 Å². The minimum atomic E-state index is -2.33. The van der Waals surface area contributed by atoms with Crippen molar-refractivity contribution < 1.29 is 25.2 Å². The van der Waals surface area contributed by atoms with E-state index in [0.717, 1.165) is 0 Å². The first-order chi connectivity index (χ1) is 4.56. The maximum absolute atomic E-state index is 8.93. The van der Waals surface area contributed by atoms with E-state index in [1.165, 1.54) is 0 Å². The highest BCUT2D eigenvalue weighted by Gasteiger charge is 1.26. The molecular weight excluding hydrogens is 196 g/mol. The third-order valence-corrected chi connectivity index (χ3v) is 0. The molecule has 0 radical (unpaired) electrons. The van der Waals surface area contributed by atoms with Crippen molar-refractivity contribution in [1.82, 2.24) is 24.6 Å². The van der Waals surface area contributed by atoms with E-state index in [4.69, 9.17) is 25.2 Å². The molecule has 0 saturated heterocycles. The third-order valence-electron chi connectivity index (χ3n) is 0. The van der Waals surface area contributed by atoms with Gasteiger partial charge in [0.25, 0.3) is 0 Å². The first kappa shape index (κ1) is 51.9. The largest absolute Gasteiger partial charge is 0.855 e. The molecule has 16 N–H and O–H groups in total. The lowest BCUT2D eigenvalue weighted by Gasteiger charge is -1.96. The Kier molecular flexibility index (Phi) is 334. The molecule has 0 spiro atoms. The van der Waals surface area contributed by atoms with Crippen LogP contribution >= 0.6 is 0 Å². The second-order valence-electron chi connectivity index (χ2n) is 0.827. The van der Waals surface area contributed by atoms with E-state index >= 15 is 0 Å². The summed E-state index contributed by atoms with van der Waals surface area (Å²) in [5.74, 6) is 0. The second kappa shape index (κ2) is 90.1. The van der Waals surface area contributed by atoms with Crippen LogP contribution < -0.4 is 45.0 Å². The summed E-state index contributed by atoms with van der Waals surface area (Å²) in [5.41, 5.74) is 0. The zero-order valence-electron chi connectivity index (χ0n) is 9.96. The fraction of sp³-hybridized carbons (Fsp3) is 0.800. The van der Waals surface area contributed by atoms with Gasteiger partial charge in [-0.2, -0.15) is 0 Å². The van der Waals surface area contributed by atoms with Crippen molar-refractivity contribution in [3.05, 3.63) is 0 Å². The van der Waals surface area contributed by atoms with Gasteiger partial charge in [0.2, 0.25) is 0 Å². The average Bonchev–Trinajstić information content (AvgIpc) is 1.65. The molecular formula is C5H26N4O5. The minimum absolute atomic E-state index is 0. The molecule has 14 heavy (non-hydrogen) atoms. The van der Waals surface area contributed by atoms with Gasteiger partial charge < -0.3 is 49.8 Å². The Morgan fingerprint density at radius 2 is 0.857 bits per heavy atom. The highest BCUT2D eigenvalue weighted by atomic mass is 16.6. The monoisotopic (exact) mass is 222 g/mol. The molecule has 0 aromatic heterocycles. The third kappa shape index (κ3) is 1180. The van der Waals surface area contributed by atoms with Crippen LogP contribution in [-0.4, -0.2) is 19.4 Å². The Hall–Kier alpha value is -0.970. The van der Waals surface area contributed by atoms with E-state index in [0.29, 0.717) is 0 Å². The fourth-order valence-electron chi connectivity index (χ4n) is 0. The molecule has 0 aliphatic heterocycles. The normalized spacial score (nSPS) is 4.29. The number of quaternary nitrogens is 4. The van der Waals surface area contributed by atoms with Crippen molar-refractivity contribution in [2.75, 3.05) is 13.2 Å². The van der Waals surface area contributed by atoms with Crippen molar-refractivity contribution in [3.63, 3.8) is 0 Å². The quantitative estimate of drug-likeness (QED) is 0.354. The maximum atomic E-state index is 8.93. The standard InChI is InChI=1S/2C2H5O.CH2O3.4H3N/c2*1-2-3;2-1(3)4;;;;/h2*2H2,1H3;(H2,2,3,4);4*1H3/q2*-1;;;;;/p+2. The van der Waals surface area contributed by atoms with E-state index in [1.54, 1.807) is 13.8 Å². The minimum Gasteiger partial charge on any atom is -0.855 e. The molecule has 0 aliphatic carbocycles. The highest BCUT2D eigenvalue weighted by Crippen LogP contribution is 1.21. The molecule has 0 atom stereocenters. The van der Waals surface area contributed by atoms with Crippen LogP contribution in [0.4, 0.5) is 4.79 Å². The Bertz CT molecular complexity index is 60.1. The summed E-state index contributed by atoms with van der Waals surface area (Å²) < 4.78 is 0. The topological polar surface area (TPSA) is 255 Å². The molecule has 0 fully saturated rings. The van der Waals surface area contributed by atoms with Crippen LogP contribution in [0.1, 0.15) is 13.8 Å². The van der Waals surface area contributed by atoms with E-state index in [-0.39, 0.29) is 37.8 Å². The van der Waals surface area contributed by atoms with E-state index in [9.17, 15) is 0 Å². The lowest BCUT2D eigenvalue weighted by Crippen LogP contribution is -2.37. The number of carbonyl (C=O) groups excluding carboxylic acids is 1. The summed E-state index contributed by atoms with van der Waals surface area (Å²) in [6.45, 7) is 3.14. The molecule has 96 valence electrons. The summed E-state index contributed by atoms with van der Waals surface area (Å²) in [6.07, 6.45) is -2.33. The van der Waals surface area contributed by atoms with Crippen LogP contribution in [0.25, 0.3) is 0 Å². The van der Waals surface area contributed by atoms with Gasteiger partial charge in [0.1, 0.15) is 0 Å². The SMILES string of the molecule is CC[O-].CC[O-].O=C([O-])[O-].[NH4+].[NH4+].[NH4+].[NH4+]. The van der Waals surface area contributed by atoms with Crippen molar-refractivity contribution >= 4 is 6.16 Å². The van der Waals surface area contributed by atoms with Crippen LogP contribution in [0.2, 0.25) is 0 Å². The van der Waals surface area contributed by atoms with Gasteiger partial charge in [-0.3, -0.25) is 0 Å². The number of carbonyl (C=O) groups is 1. The lowest BCUT2D eigenvalue weighted by atomic mass is 10.9. The van der Waals surface area contributed by atoms with Gasteiger partial charge in [0.05, 0.1) is 0 Å². The smallest absolute Gasteiger partial charge is 0.0431 e. The molecule has 9 heteroatoms. The molecule has 9 nitrogen and oxygen atoms in total. The molecule has 0 saturated carbocycles. The van der Waals surface area contributed by atoms with E-state index in [2.05, 4.69) is 0 Å². The van der Waals surface area contributed by atoms with Gasteiger partial charge in [-0.1, -0.05) is 13.8 Å². The molecule has 0 unspecified atom stereocenters. The van der Waals surface area contributed by atoms with Crippen LogP contribution in [-0.2, 0) is 0 Å². The molecule has 0 amide bonds. The van der Waals surface area contributed by atoms with Gasteiger partial charge in [-0.25, -0.2) is 0 Å². The molecule has 0 bridgehead atoms. The predicted molar refractivity (Wildman–Crippen MR) is 50.4 cm³/mol. The van der Waals surface area contributed by atoms with Gasteiger partial charge in [-0.15, -0.1) is 13.2 Å². The van der Waals surface area contributed by atoms with Crippen molar-refractivity contribution in [2.24, 2.45) is 0 Å². The van der Waals surface area contributed by atoms with Crippen LogP contribution in [0.15, 0.2) is 0 Å². The average molecular weight is 222 g/mol. The molecule has 0 heterocycles. The van der Waals surface area contributed by atoms with Gasteiger partial charge >= 0.3 is 0 Å². The van der Waals surface area contributed by atoms with Gasteiger partial charge in [-0.05, 0) is 6.16 Å². The lowest BCUT2D eigenvalue weighted by molar-refractivity contribution is -0.415. The zero-order valence-corrected chi connectivity index (χ0v) is 9.96. The van der Waals surface area contributed by atoms with Crippen LogP contribution in [0.3, 0.4) is 0 Å². The van der Waals surface area contributed by atoms with Gasteiger partial charge in [0.15, 0.2) is 0 Å². The Morgan fingerprint density at radius 1 is 0.857 bits per heavy atom. The Balaban J connectivity index is -0.00000000929. The van der Waals surface area contributed by atoms with Gasteiger partial charge in [0, 0.05) is 0 Å². The summed E-state index contributed by atoms with van der Waals surface area (Å²) in [7, 11) is 0. The number of hydrogen-bond acceptors (Lipinski definition) is 5. The summed E-state index contributed by atoms with van der Waals surface area (Å²) in [4.78, 5) is 8.33. The van der Waals surface area contributed by atoms with E-state index in [1.807, 2.05) is 0 Å². The van der Waals surface area contributed by atoms with Crippen LogP contribution in [0, 0.1) is 0 Å². The highest BCUT2D eigenvalue weighted by molar-refractivity contribution is 5.47. The fourth-order valence-corrected chi connectivity index (χ4v) is 0. The maximum Gasteiger partial charge on any atom is -0.0431 e. The second-order valence-corrected chi connectivity index (χ2v) is 0.827. The first-order valence-electron chi connectivity index (χ1n) is 2.60. The number of rotatable bonds is 0. The van der Waals surface area contributed by atoms with Crippen molar-refractivity contribution in [3.8, 4) is 0 Å². The predicted octanol–water partition coefficient (Wildman–Crippen LogP) is -2.21. The summed E-state index contributed by atoms with van der Waals surface area (Å²) in [5, 5.41) is 34.5. The van der Waals surface area contributed by atoms with Crippen LogP contribution in [0.5, 0.6) is 0 Å². The Morgan fingerprint density at radius 3 is 0.857 bits per heavy atom. The van der Waals surface area contributed by atoms with Crippen molar-refractivity contribution in [2.45, 2.75) is 13.8 Å². The summed E-state index contributed by atoms with van der Waals surface area (Å²) >= 11 is 0. The molecule has 0 rings (SSSR count). The molecule has 0 aromatic carbocycles. The molecule has 0 aliphatic rings. The number of carboxylic acid groups (broad SMARTS) is 2. The van der Waals surface area contributed by atoms with Crippen molar-refractivity contribution in [1.29, 1.82) is 0 Å². The van der Waals surface area contributed by atoms with E-state index < -0.39 is 6.16 Å². The molecule has 0 aromatic rings. The first-order valence-corrected chi connectivity index (χ1v) is 2.60.